The molecule has 1 aromatic rings. The van der Waals surface area contributed by atoms with Crippen molar-refractivity contribution in [3.05, 3.63) is 35.9 Å². The number of guanidine groups is 1. The van der Waals surface area contributed by atoms with Gasteiger partial charge in [0.2, 0.25) is 0 Å². The summed E-state index contributed by atoms with van der Waals surface area (Å²) in [5.74, 6) is 2.28. The van der Waals surface area contributed by atoms with Crippen molar-refractivity contribution in [1.82, 2.24) is 10.6 Å². The first-order valence-electron chi connectivity index (χ1n) is 8.06. The molecule has 0 aliphatic carbocycles. The first-order valence-corrected chi connectivity index (χ1v) is 9.11. The maximum Gasteiger partial charge on any atom is 0.191 e. The van der Waals surface area contributed by atoms with Crippen LogP contribution in [0, 0.1) is 0 Å². The number of thioether (sulfide) groups is 1. The number of nitrogens with zero attached hydrogens (tertiary/aromatic N) is 1. The normalized spacial score (nSPS) is 17.9. The highest BCUT2D eigenvalue weighted by Crippen LogP contribution is 2.25. The van der Waals surface area contributed by atoms with Gasteiger partial charge in [-0.05, 0) is 43.9 Å². The Kier molecular flexibility index (Phi) is 10.7. The first kappa shape index (κ1) is 19.6. The second kappa shape index (κ2) is 12.0. The topological polar surface area (TPSA) is 36.4 Å². The molecule has 0 amide bonds. The monoisotopic (exact) mass is 433 g/mol. The molecule has 2 N–H and O–H groups in total. The van der Waals surface area contributed by atoms with E-state index in [1.807, 2.05) is 0 Å². The molecule has 1 aliphatic heterocycles. The summed E-state index contributed by atoms with van der Waals surface area (Å²) in [5, 5.41) is 7.51. The second-order valence-corrected chi connectivity index (χ2v) is 6.78. The molecule has 1 aromatic carbocycles. The van der Waals surface area contributed by atoms with Crippen molar-refractivity contribution < 1.29 is 0 Å². The molecule has 1 saturated heterocycles. The summed E-state index contributed by atoms with van der Waals surface area (Å²) in [6, 6.07) is 10.7. The molecule has 22 heavy (non-hydrogen) atoms. The average molecular weight is 433 g/mol. The van der Waals surface area contributed by atoms with Crippen LogP contribution in [0.4, 0.5) is 0 Å². The molecule has 1 aliphatic rings. The molecule has 0 aromatic heterocycles. The lowest BCUT2D eigenvalue weighted by Gasteiger charge is -2.12. The standard InChI is InChI=1S/C17H27N3S.HI/c1-2-18-17(20-14-16-11-7-13-21-16)19-12-6-10-15-8-4-3-5-9-15;/h3-5,8-9,16H,2,6-7,10-14H2,1H3,(H2,18,19,20);1H. The molecule has 1 heterocycles. The van der Waals surface area contributed by atoms with E-state index in [4.69, 9.17) is 4.99 Å². The number of aryl methyl sites for hydroxylation is 1. The second-order valence-electron chi connectivity index (χ2n) is 5.37. The van der Waals surface area contributed by atoms with E-state index < -0.39 is 0 Å². The van der Waals surface area contributed by atoms with Gasteiger partial charge in [0.05, 0.1) is 6.54 Å². The number of hydrogen-bond acceptors (Lipinski definition) is 2. The van der Waals surface area contributed by atoms with Crippen LogP contribution in [-0.2, 0) is 6.42 Å². The molecule has 0 spiro atoms. The zero-order valence-electron chi connectivity index (χ0n) is 13.4. The fourth-order valence-electron chi connectivity index (χ4n) is 2.47. The van der Waals surface area contributed by atoms with Gasteiger partial charge in [0, 0.05) is 18.3 Å². The predicted molar refractivity (Wildman–Crippen MR) is 110 cm³/mol. The van der Waals surface area contributed by atoms with Crippen LogP contribution in [0.25, 0.3) is 0 Å². The van der Waals surface area contributed by atoms with Crippen molar-refractivity contribution in [2.24, 2.45) is 4.99 Å². The molecule has 1 unspecified atom stereocenters. The lowest BCUT2D eigenvalue weighted by atomic mass is 10.1. The maximum absolute atomic E-state index is 4.71. The number of aliphatic imine (C=N–C) groups is 1. The minimum atomic E-state index is 0. The van der Waals surface area contributed by atoms with Crippen LogP contribution in [0.1, 0.15) is 31.7 Å². The van der Waals surface area contributed by atoms with Gasteiger partial charge in [-0.15, -0.1) is 24.0 Å². The Balaban J connectivity index is 0.00000242. The Hall–Kier alpha value is -0.430. The van der Waals surface area contributed by atoms with E-state index in [1.165, 1.54) is 24.2 Å². The summed E-state index contributed by atoms with van der Waals surface area (Å²) in [4.78, 5) is 4.71. The Morgan fingerprint density at radius 2 is 2.09 bits per heavy atom. The van der Waals surface area contributed by atoms with Crippen LogP contribution < -0.4 is 10.6 Å². The molecular formula is C17H28IN3S. The van der Waals surface area contributed by atoms with E-state index in [0.29, 0.717) is 0 Å². The molecule has 0 bridgehead atoms. The summed E-state index contributed by atoms with van der Waals surface area (Å²) in [6.45, 7) is 4.95. The van der Waals surface area contributed by atoms with Gasteiger partial charge in [-0.25, -0.2) is 0 Å². The zero-order chi connectivity index (χ0) is 14.8. The van der Waals surface area contributed by atoms with Gasteiger partial charge in [-0.3, -0.25) is 4.99 Å². The summed E-state index contributed by atoms with van der Waals surface area (Å²) >= 11 is 2.07. The minimum absolute atomic E-state index is 0. The fourth-order valence-corrected chi connectivity index (χ4v) is 3.65. The van der Waals surface area contributed by atoms with Crippen molar-refractivity contribution in [3.63, 3.8) is 0 Å². The molecule has 1 atom stereocenters. The van der Waals surface area contributed by atoms with Gasteiger partial charge in [0.1, 0.15) is 0 Å². The summed E-state index contributed by atoms with van der Waals surface area (Å²) in [6.07, 6.45) is 4.92. The molecular weight excluding hydrogens is 405 g/mol. The van der Waals surface area contributed by atoms with Crippen LogP contribution >= 0.6 is 35.7 Å². The third kappa shape index (κ3) is 7.72. The van der Waals surface area contributed by atoms with Crippen LogP contribution in [0.5, 0.6) is 0 Å². The third-order valence-corrected chi connectivity index (χ3v) is 4.98. The largest absolute Gasteiger partial charge is 0.357 e. The highest BCUT2D eigenvalue weighted by atomic mass is 127. The van der Waals surface area contributed by atoms with E-state index in [-0.39, 0.29) is 24.0 Å². The van der Waals surface area contributed by atoms with Crippen LogP contribution in [0.15, 0.2) is 35.3 Å². The van der Waals surface area contributed by atoms with E-state index in [9.17, 15) is 0 Å². The quantitative estimate of drug-likeness (QED) is 0.298. The number of benzene rings is 1. The summed E-state index contributed by atoms with van der Waals surface area (Å²) in [5.41, 5.74) is 1.41. The SMILES string of the molecule is CCNC(=NCC1CCCS1)NCCCc1ccccc1.I. The summed E-state index contributed by atoms with van der Waals surface area (Å²) in [7, 11) is 0. The van der Waals surface area contributed by atoms with Crippen molar-refractivity contribution in [1.29, 1.82) is 0 Å². The van der Waals surface area contributed by atoms with Crippen molar-refractivity contribution >= 4 is 41.7 Å². The third-order valence-electron chi connectivity index (χ3n) is 3.60. The highest BCUT2D eigenvalue weighted by Gasteiger charge is 2.14. The van der Waals surface area contributed by atoms with Crippen molar-refractivity contribution in [2.75, 3.05) is 25.4 Å². The Bertz CT molecular complexity index is 419. The molecule has 3 nitrogen and oxygen atoms in total. The first-order chi connectivity index (χ1) is 10.4. The van der Waals surface area contributed by atoms with E-state index >= 15 is 0 Å². The minimum Gasteiger partial charge on any atom is -0.357 e. The van der Waals surface area contributed by atoms with Crippen LogP contribution in [0.3, 0.4) is 0 Å². The van der Waals surface area contributed by atoms with Gasteiger partial charge in [-0.1, -0.05) is 30.3 Å². The van der Waals surface area contributed by atoms with E-state index in [0.717, 1.165) is 43.7 Å². The molecule has 0 saturated carbocycles. The Morgan fingerprint density at radius 3 is 2.77 bits per heavy atom. The van der Waals surface area contributed by atoms with Gasteiger partial charge in [0.25, 0.3) is 0 Å². The molecule has 0 radical (unpaired) electrons. The predicted octanol–water partition coefficient (Wildman–Crippen LogP) is 3.69. The van der Waals surface area contributed by atoms with Gasteiger partial charge < -0.3 is 10.6 Å². The van der Waals surface area contributed by atoms with Gasteiger partial charge in [0.15, 0.2) is 5.96 Å². The maximum atomic E-state index is 4.71. The Morgan fingerprint density at radius 1 is 1.27 bits per heavy atom. The Labute approximate surface area is 156 Å². The molecule has 124 valence electrons. The molecule has 5 heteroatoms. The fraction of sp³-hybridized carbons (Fsp3) is 0.588. The molecule has 1 fully saturated rings. The average Bonchev–Trinajstić information content (AvgIpc) is 3.03. The number of rotatable bonds is 7. The van der Waals surface area contributed by atoms with Crippen LogP contribution in [0.2, 0.25) is 0 Å². The highest BCUT2D eigenvalue weighted by molar-refractivity contribution is 14.0. The van der Waals surface area contributed by atoms with Gasteiger partial charge in [-0.2, -0.15) is 11.8 Å². The number of nitrogens with one attached hydrogen (secondary N) is 2. The van der Waals surface area contributed by atoms with E-state index in [2.05, 4.69) is 59.7 Å². The summed E-state index contributed by atoms with van der Waals surface area (Å²) < 4.78 is 0. The van der Waals surface area contributed by atoms with Crippen molar-refractivity contribution in [3.8, 4) is 0 Å². The van der Waals surface area contributed by atoms with Crippen LogP contribution in [-0.4, -0.2) is 36.6 Å². The number of halogens is 1. The molecule has 2 rings (SSSR count). The van der Waals surface area contributed by atoms with E-state index in [1.54, 1.807) is 0 Å². The lowest BCUT2D eigenvalue weighted by Crippen LogP contribution is -2.38. The lowest BCUT2D eigenvalue weighted by molar-refractivity contribution is 0.733. The zero-order valence-corrected chi connectivity index (χ0v) is 16.5. The van der Waals surface area contributed by atoms with Crippen molar-refractivity contribution in [2.45, 2.75) is 37.9 Å². The smallest absolute Gasteiger partial charge is 0.191 e. The van der Waals surface area contributed by atoms with Gasteiger partial charge >= 0.3 is 0 Å². The number of hydrogen-bond donors (Lipinski definition) is 2.